The third kappa shape index (κ3) is 7.24. The quantitative estimate of drug-likeness (QED) is 0.268. The molecule has 14 heteroatoms. The lowest BCUT2D eigenvalue weighted by Crippen LogP contribution is -2.47. The second-order valence-corrected chi connectivity index (χ2v) is 15.3. The molecule has 1 saturated heterocycles. The molecule has 1 N–H and O–H groups in total. The number of hydrogen-bond donors (Lipinski definition) is 1. The molecule has 1 aliphatic carbocycles. The number of rotatable bonds is 9. The molecular formula is C33H38ClN5O6S2. The number of ether oxygens (including phenoxy) is 2. The van der Waals surface area contributed by atoms with Crippen LogP contribution < -0.4 is 15.0 Å². The SMILES string of the molecule is COC1CCN([C@H]2CCc3nc(C)n(CCOc4ccc(Cl)cc4-c4cc(C)nc5c(C(=O)NS(C)(=O)=O)csc45)c(=O)c3C2)CC1. The number of methoxy groups -OCH3 is 1. The van der Waals surface area contributed by atoms with Crippen LogP contribution in [0.3, 0.4) is 0 Å². The maximum Gasteiger partial charge on any atom is 0.267 e. The maximum atomic E-state index is 13.8. The van der Waals surface area contributed by atoms with Gasteiger partial charge in [-0.3, -0.25) is 24.0 Å². The number of aryl methyl sites for hydroxylation is 3. The first-order chi connectivity index (χ1) is 22.4. The first-order valence-corrected chi connectivity index (χ1v) is 18.8. The second kappa shape index (κ2) is 13.6. The van der Waals surface area contributed by atoms with E-state index < -0.39 is 15.9 Å². The number of likely N-dealkylation sites (tertiary alicyclic amines) is 1. The van der Waals surface area contributed by atoms with Crippen molar-refractivity contribution in [1.29, 1.82) is 0 Å². The Kier molecular flexibility index (Phi) is 9.73. The Morgan fingerprint density at radius 3 is 2.62 bits per heavy atom. The summed E-state index contributed by atoms with van der Waals surface area (Å²) >= 11 is 7.73. The molecule has 0 bridgehead atoms. The van der Waals surface area contributed by atoms with Gasteiger partial charge >= 0.3 is 0 Å². The predicted molar refractivity (Wildman–Crippen MR) is 183 cm³/mol. The van der Waals surface area contributed by atoms with Crippen molar-refractivity contribution >= 4 is 49.1 Å². The summed E-state index contributed by atoms with van der Waals surface area (Å²) in [5.74, 6) is 0.470. The number of carbonyl (C=O) groups is 1. The third-order valence-electron chi connectivity index (χ3n) is 9.00. The van der Waals surface area contributed by atoms with Gasteiger partial charge in [-0.05, 0) is 70.2 Å². The van der Waals surface area contributed by atoms with E-state index in [0.29, 0.717) is 63.2 Å². The minimum Gasteiger partial charge on any atom is -0.491 e. The number of hydrogen-bond acceptors (Lipinski definition) is 10. The number of pyridine rings is 1. The molecule has 1 atom stereocenters. The third-order valence-corrected chi connectivity index (χ3v) is 10.8. The van der Waals surface area contributed by atoms with Gasteiger partial charge in [0.15, 0.2) is 0 Å². The molecule has 3 aromatic heterocycles. The molecule has 11 nitrogen and oxygen atoms in total. The molecule has 250 valence electrons. The Bertz CT molecular complexity index is 2000. The molecule has 2 aliphatic rings. The van der Waals surface area contributed by atoms with Crippen LogP contribution in [-0.2, 0) is 34.1 Å². The highest BCUT2D eigenvalue weighted by atomic mass is 35.5. The fourth-order valence-corrected chi connectivity index (χ4v) is 8.30. The van der Waals surface area contributed by atoms with E-state index in [0.717, 1.165) is 61.8 Å². The number of thiophene rings is 1. The predicted octanol–water partition coefficient (Wildman–Crippen LogP) is 4.53. The molecule has 1 aromatic carbocycles. The van der Waals surface area contributed by atoms with Crippen LogP contribution in [0.4, 0.5) is 0 Å². The minimum atomic E-state index is -3.75. The zero-order valence-electron chi connectivity index (χ0n) is 26.8. The number of carbonyl (C=O) groups excluding carboxylic acids is 1. The molecule has 0 saturated carbocycles. The largest absolute Gasteiger partial charge is 0.491 e. The van der Waals surface area contributed by atoms with Crippen LogP contribution in [-0.4, -0.2) is 79.0 Å². The van der Waals surface area contributed by atoms with Gasteiger partial charge in [0, 0.05) is 59.0 Å². The molecule has 1 fully saturated rings. The van der Waals surface area contributed by atoms with Crippen LogP contribution in [0.25, 0.3) is 21.3 Å². The van der Waals surface area contributed by atoms with Gasteiger partial charge in [0.05, 0.1) is 40.4 Å². The van der Waals surface area contributed by atoms with Crippen molar-refractivity contribution in [3.05, 3.63) is 73.4 Å². The number of halogens is 1. The highest BCUT2D eigenvalue weighted by molar-refractivity contribution is 7.89. The standard InChI is InChI=1S/C33H38ClN5O6S2/c1-19-15-25(31-30(35-19)27(18-46-31)32(40)37-47(4,42)43)24-16-21(34)5-8-29(24)45-14-13-39-20(2)36-28-7-6-22(17-26(28)33(39)41)38-11-9-23(44-3)10-12-38/h5,8,15-16,18,22-23H,6-7,9-14,17H2,1-4H3,(H,37,40)/t22-/m0/s1. The number of nitrogens with one attached hydrogen (secondary N) is 1. The fraction of sp³-hybridized carbons (Fsp3) is 0.455. The average Bonchev–Trinajstić information content (AvgIpc) is 3.46. The zero-order valence-corrected chi connectivity index (χ0v) is 29.2. The number of amides is 1. The van der Waals surface area contributed by atoms with Crippen LogP contribution >= 0.6 is 22.9 Å². The minimum absolute atomic E-state index is 0.00569. The van der Waals surface area contributed by atoms with Gasteiger partial charge in [-0.25, -0.2) is 18.1 Å². The second-order valence-electron chi connectivity index (χ2n) is 12.2. The normalized spacial score (nSPS) is 17.5. The van der Waals surface area contributed by atoms with E-state index in [9.17, 15) is 18.0 Å². The van der Waals surface area contributed by atoms with Gasteiger partial charge in [-0.15, -0.1) is 11.3 Å². The van der Waals surface area contributed by atoms with Crippen molar-refractivity contribution in [3.8, 4) is 16.9 Å². The summed E-state index contributed by atoms with van der Waals surface area (Å²) in [6.07, 6.45) is 5.76. The first kappa shape index (κ1) is 33.5. The van der Waals surface area contributed by atoms with Gasteiger partial charge in [0.1, 0.15) is 18.2 Å². The van der Waals surface area contributed by atoms with E-state index in [1.165, 1.54) is 11.3 Å². The molecule has 4 heterocycles. The number of nitrogens with zero attached hydrogens (tertiary/aromatic N) is 4. The van der Waals surface area contributed by atoms with Crippen LogP contribution in [0.1, 0.15) is 52.4 Å². The van der Waals surface area contributed by atoms with Gasteiger partial charge in [-0.2, -0.15) is 0 Å². The molecule has 1 aliphatic heterocycles. The summed E-state index contributed by atoms with van der Waals surface area (Å²) < 4.78 is 39.7. The van der Waals surface area contributed by atoms with Gasteiger partial charge < -0.3 is 9.47 Å². The highest BCUT2D eigenvalue weighted by Crippen LogP contribution is 2.40. The molecule has 4 aromatic rings. The molecule has 6 rings (SSSR count). The summed E-state index contributed by atoms with van der Waals surface area (Å²) in [5.41, 5.74) is 4.33. The Balaban J connectivity index is 1.23. The van der Waals surface area contributed by atoms with Crippen LogP contribution in [0.15, 0.2) is 34.4 Å². The van der Waals surface area contributed by atoms with Crippen molar-refractivity contribution < 1.29 is 22.7 Å². The Morgan fingerprint density at radius 2 is 1.89 bits per heavy atom. The van der Waals surface area contributed by atoms with Crippen LogP contribution in [0, 0.1) is 13.8 Å². The molecule has 0 radical (unpaired) electrons. The summed E-state index contributed by atoms with van der Waals surface area (Å²) in [6.45, 7) is 6.15. The summed E-state index contributed by atoms with van der Waals surface area (Å²) in [7, 11) is -1.98. The number of benzene rings is 1. The lowest BCUT2D eigenvalue weighted by Gasteiger charge is -2.39. The summed E-state index contributed by atoms with van der Waals surface area (Å²) in [6, 6.07) is 7.51. The lowest BCUT2D eigenvalue weighted by atomic mass is 9.90. The molecular weight excluding hydrogens is 662 g/mol. The van der Waals surface area contributed by atoms with Crippen molar-refractivity contribution in [3.63, 3.8) is 0 Å². The molecule has 47 heavy (non-hydrogen) atoms. The monoisotopic (exact) mass is 699 g/mol. The number of aromatic nitrogens is 3. The topological polar surface area (TPSA) is 133 Å². The van der Waals surface area contributed by atoms with Gasteiger partial charge in [-0.1, -0.05) is 11.6 Å². The zero-order chi connectivity index (χ0) is 33.5. The average molecular weight is 700 g/mol. The van der Waals surface area contributed by atoms with E-state index in [4.69, 9.17) is 26.1 Å². The fourth-order valence-electron chi connectivity index (χ4n) is 6.67. The molecule has 0 spiro atoms. The van der Waals surface area contributed by atoms with Gasteiger partial charge in [0.2, 0.25) is 10.0 Å². The summed E-state index contributed by atoms with van der Waals surface area (Å²) in [5, 5.41) is 2.09. The lowest BCUT2D eigenvalue weighted by molar-refractivity contribution is 0.0248. The first-order valence-electron chi connectivity index (χ1n) is 15.6. The van der Waals surface area contributed by atoms with E-state index in [1.807, 2.05) is 17.7 Å². The van der Waals surface area contributed by atoms with Gasteiger partial charge in [0.25, 0.3) is 11.5 Å². The number of piperidine rings is 1. The number of sulfonamides is 1. The van der Waals surface area contributed by atoms with Crippen LogP contribution in [0.2, 0.25) is 5.02 Å². The van der Waals surface area contributed by atoms with E-state index >= 15 is 0 Å². The van der Waals surface area contributed by atoms with E-state index in [1.54, 1.807) is 42.2 Å². The smallest absolute Gasteiger partial charge is 0.267 e. The highest BCUT2D eigenvalue weighted by Gasteiger charge is 2.31. The maximum absolute atomic E-state index is 13.8. The van der Waals surface area contributed by atoms with Crippen LogP contribution in [0.5, 0.6) is 5.75 Å². The Morgan fingerprint density at radius 1 is 1.13 bits per heavy atom. The van der Waals surface area contributed by atoms with Crippen molar-refractivity contribution in [2.45, 2.75) is 64.6 Å². The van der Waals surface area contributed by atoms with E-state index in [-0.39, 0.29) is 17.7 Å². The van der Waals surface area contributed by atoms with Crippen molar-refractivity contribution in [2.75, 3.05) is 33.1 Å². The Labute approximate surface area is 282 Å². The Hall–Kier alpha value is -3.36. The number of fused-ring (bicyclic) bond motifs is 2. The van der Waals surface area contributed by atoms with Crippen molar-refractivity contribution in [1.82, 2.24) is 24.2 Å². The summed E-state index contributed by atoms with van der Waals surface area (Å²) in [4.78, 5) is 38.4. The molecule has 0 unspecified atom stereocenters. The van der Waals surface area contributed by atoms with Crippen molar-refractivity contribution in [2.24, 2.45) is 0 Å². The molecule has 1 amide bonds. The van der Waals surface area contributed by atoms with E-state index in [2.05, 4.69) is 9.88 Å².